The van der Waals surface area contributed by atoms with Crippen LogP contribution in [0.3, 0.4) is 0 Å². The number of hydrogen-bond acceptors (Lipinski definition) is 5. The van der Waals surface area contributed by atoms with Gasteiger partial charge in [0.25, 0.3) is 22.1 Å². The molecule has 26 heavy (non-hydrogen) atoms. The van der Waals surface area contributed by atoms with Crippen LogP contribution in [0.4, 0.5) is 5.69 Å². The van der Waals surface area contributed by atoms with E-state index < -0.39 is 12.2 Å². The zero-order valence-corrected chi connectivity index (χ0v) is 14.2. The molecule has 8 nitrogen and oxygen atoms in total. The summed E-state index contributed by atoms with van der Waals surface area (Å²) in [5.41, 5.74) is 1.77. The fourth-order valence-electron chi connectivity index (χ4n) is 2.96. The molecule has 1 amide bonds. The Hall–Kier alpha value is -2.68. The molecule has 0 spiro atoms. The van der Waals surface area contributed by atoms with Crippen molar-refractivity contribution in [3.05, 3.63) is 52.4 Å². The molecular weight excluding hydrogens is 362 g/mol. The van der Waals surface area contributed by atoms with Gasteiger partial charge in [0.2, 0.25) is 5.91 Å². The van der Waals surface area contributed by atoms with Crippen LogP contribution < -0.4 is 14.8 Å². The molecular formula is C17H14ClN3O5. The van der Waals surface area contributed by atoms with Crippen molar-refractivity contribution in [3.8, 4) is 0 Å². The summed E-state index contributed by atoms with van der Waals surface area (Å²) in [4.78, 5) is 11.5. The van der Waals surface area contributed by atoms with Crippen molar-refractivity contribution < 1.29 is 23.7 Å². The third-order valence-corrected chi connectivity index (χ3v) is 4.39. The number of ether oxygens (including phenoxy) is 2. The van der Waals surface area contributed by atoms with Crippen molar-refractivity contribution in [2.45, 2.75) is 6.29 Å². The first-order chi connectivity index (χ1) is 12.6. The zero-order chi connectivity index (χ0) is 18.3. The Balaban J connectivity index is 1.89. The van der Waals surface area contributed by atoms with E-state index in [1.807, 2.05) is 0 Å². The standard InChI is InChI=1S/C17H14ClN3O5/c18-9-16(22)19-11-2-4-13-15(8-11)21(24)14-7-10(17-25-5-6-26-17)1-3-12(14)20(13)23/h1-4,7-8,17H,5-6,9H2,(H,19,22). The number of nitrogens with one attached hydrogen (secondary N) is 1. The van der Waals surface area contributed by atoms with Crippen molar-refractivity contribution in [3.63, 3.8) is 0 Å². The van der Waals surface area contributed by atoms with Crippen LogP contribution in [-0.4, -0.2) is 25.0 Å². The molecule has 1 fully saturated rings. The summed E-state index contributed by atoms with van der Waals surface area (Å²) < 4.78 is 12.2. The van der Waals surface area contributed by atoms with E-state index in [9.17, 15) is 15.2 Å². The highest BCUT2D eigenvalue weighted by Gasteiger charge is 2.25. The van der Waals surface area contributed by atoms with E-state index in [1.165, 1.54) is 12.1 Å². The molecule has 4 rings (SSSR count). The van der Waals surface area contributed by atoms with Crippen LogP contribution in [0.2, 0.25) is 0 Å². The molecule has 0 aliphatic carbocycles. The Labute approximate surface area is 152 Å². The minimum absolute atomic E-state index is 0.130. The van der Waals surface area contributed by atoms with Crippen molar-refractivity contribution >= 4 is 45.3 Å². The number of carbonyl (C=O) groups excluding carboxylic acids is 1. The molecule has 1 aliphatic heterocycles. The van der Waals surface area contributed by atoms with Gasteiger partial charge in [0, 0.05) is 35.5 Å². The predicted octanol–water partition coefficient (Wildman–Crippen LogP) is 1.48. The van der Waals surface area contributed by atoms with Gasteiger partial charge in [0.15, 0.2) is 6.29 Å². The summed E-state index contributed by atoms with van der Waals surface area (Å²) in [6.07, 6.45) is -0.551. The van der Waals surface area contributed by atoms with E-state index in [1.54, 1.807) is 24.3 Å². The lowest BCUT2D eigenvalue weighted by molar-refractivity contribution is -0.591. The van der Waals surface area contributed by atoms with Crippen LogP contribution in [-0.2, 0) is 14.3 Å². The van der Waals surface area contributed by atoms with Gasteiger partial charge < -0.3 is 25.2 Å². The maximum Gasteiger partial charge on any atom is 0.292 e. The maximum atomic E-state index is 12.9. The number of halogens is 1. The fourth-order valence-corrected chi connectivity index (χ4v) is 3.03. The first-order valence-electron chi connectivity index (χ1n) is 7.90. The molecule has 0 atom stereocenters. The molecule has 1 aliphatic rings. The molecule has 2 aromatic carbocycles. The number of nitrogens with zero attached hydrogens (tertiary/aromatic N) is 2. The molecule has 3 aromatic rings. The van der Waals surface area contributed by atoms with Gasteiger partial charge in [0.05, 0.1) is 13.2 Å². The zero-order valence-electron chi connectivity index (χ0n) is 13.5. The second-order valence-corrected chi connectivity index (χ2v) is 6.06. The number of rotatable bonds is 3. The second kappa shape index (κ2) is 6.56. The summed E-state index contributed by atoms with van der Waals surface area (Å²) >= 11 is 5.48. The summed E-state index contributed by atoms with van der Waals surface area (Å²) in [5, 5.41) is 28.1. The van der Waals surface area contributed by atoms with Gasteiger partial charge in [-0.15, -0.1) is 11.6 Å². The smallest absolute Gasteiger partial charge is 0.292 e. The van der Waals surface area contributed by atoms with E-state index in [0.717, 1.165) is 0 Å². The van der Waals surface area contributed by atoms with Crippen LogP contribution in [0.1, 0.15) is 11.9 Å². The lowest BCUT2D eigenvalue weighted by atomic mass is 10.1. The number of fused-ring (bicyclic) bond motifs is 2. The third-order valence-electron chi connectivity index (χ3n) is 4.15. The Morgan fingerprint density at radius 1 is 1.04 bits per heavy atom. The summed E-state index contributed by atoms with van der Waals surface area (Å²) in [6.45, 7) is 0.950. The molecule has 0 saturated carbocycles. The monoisotopic (exact) mass is 375 g/mol. The first kappa shape index (κ1) is 16.8. The Morgan fingerprint density at radius 3 is 2.35 bits per heavy atom. The number of hydrogen-bond donors (Lipinski definition) is 1. The molecule has 134 valence electrons. The first-order valence-corrected chi connectivity index (χ1v) is 8.43. The molecule has 0 unspecified atom stereocenters. The van der Waals surface area contributed by atoms with Gasteiger partial charge in [-0.2, -0.15) is 9.46 Å². The van der Waals surface area contributed by atoms with Crippen LogP contribution in [0.15, 0.2) is 36.4 Å². The molecule has 0 bridgehead atoms. The molecule has 1 N–H and O–H groups in total. The van der Waals surface area contributed by atoms with E-state index in [-0.39, 0.29) is 27.9 Å². The average molecular weight is 376 g/mol. The van der Waals surface area contributed by atoms with E-state index in [4.69, 9.17) is 21.1 Å². The number of alkyl halides is 1. The van der Waals surface area contributed by atoms with Gasteiger partial charge in [-0.3, -0.25) is 4.79 Å². The Kier molecular flexibility index (Phi) is 4.23. The summed E-state index contributed by atoms with van der Waals surface area (Å²) in [5.74, 6) is -0.614. The molecule has 0 radical (unpaired) electrons. The Bertz CT molecular complexity index is 1020. The van der Waals surface area contributed by atoms with Crippen molar-refractivity contribution in [1.82, 2.24) is 0 Å². The SMILES string of the molecule is O=C(CCl)Nc1ccc2c(c1)[n+]([O-])c1cc(C3OCCO3)ccc1[n+]2[O-]. The lowest BCUT2D eigenvalue weighted by Gasteiger charge is -2.12. The summed E-state index contributed by atoms with van der Waals surface area (Å²) in [7, 11) is 0. The number of benzene rings is 2. The van der Waals surface area contributed by atoms with Crippen LogP contribution >= 0.6 is 11.6 Å². The molecule has 1 aromatic heterocycles. The average Bonchev–Trinajstić information content (AvgIpc) is 3.20. The highest BCUT2D eigenvalue weighted by atomic mass is 35.5. The van der Waals surface area contributed by atoms with Gasteiger partial charge in [-0.05, 0) is 12.1 Å². The summed E-state index contributed by atoms with van der Waals surface area (Å²) in [6, 6.07) is 9.32. The van der Waals surface area contributed by atoms with Gasteiger partial charge in [-0.1, -0.05) is 0 Å². The lowest BCUT2D eigenvalue weighted by Crippen LogP contribution is -2.39. The topological polar surface area (TPSA) is 101 Å². The van der Waals surface area contributed by atoms with Crippen LogP contribution in [0.5, 0.6) is 0 Å². The van der Waals surface area contributed by atoms with Crippen molar-refractivity contribution in [2.24, 2.45) is 0 Å². The number of amides is 1. The number of carbonyl (C=O) groups is 1. The van der Waals surface area contributed by atoms with E-state index in [0.29, 0.717) is 33.9 Å². The fraction of sp³-hybridized carbons (Fsp3) is 0.235. The molecule has 9 heteroatoms. The minimum Gasteiger partial charge on any atom is -0.617 e. The number of anilines is 1. The quantitative estimate of drug-likeness (QED) is 0.323. The van der Waals surface area contributed by atoms with Gasteiger partial charge >= 0.3 is 0 Å². The molecule has 1 saturated heterocycles. The van der Waals surface area contributed by atoms with Crippen molar-refractivity contribution in [2.75, 3.05) is 24.4 Å². The molecule has 2 heterocycles. The van der Waals surface area contributed by atoms with E-state index in [2.05, 4.69) is 5.32 Å². The van der Waals surface area contributed by atoms with Crippen LogP contribution in [0.25, 0.3) is 22.1 Å². The van der Waals surface area contributed by atoms with Crippen LogP contribution in [0, 0.1) is 10.4 Å². The number of aromatic nitrogens is 2. The maximum absolute atomic E-state index is 12.9. The Morgan fingerprint density at radius 2 is 1.65 bits per heavy atom. The second-order valence-electron chi connectivity index (χ2n) is 5.80. The predicted molar refractivity (Wildman–Crippen MR) is 93.4 cm³/mol. The van der Waals surface area contributed by atoms with Gasteiger partial charge in [-0.25, -0.2) is 0 Å². The highest BCUT2D eigenvalue weighted by molar-refractivity contribution is 6.29. The van der Waals surface area contributed by atoms with Crippen molar-refractivity contribution in [1.29, 1.82) is 0 Å². The van der Waals surface area contributed by atoms with E-state index >= 15 is 0 Å². The third kappa shape index (κ3) is 2.78. The highest BCUT2D eigenvalue weighted by Crippen LogP contribution is 2.25. The normalized spacial score (nSPS) is 15.0. The minimum atomic E-state index is -0.551. The largest absolute Gasteiger partial charge is 0.617 e. The van der Waals surface area contributed by atoms with Gasteiger partial charge in [0.1, 0.15) is 5.88 Å².